The second kappa shape index (κ2) is 12.8. The molecule has 0 aromatic carbocycles. The Kier molecular flexibility index (Phi) is 9.23. The largest absolute Gasteiger partial charge is 0.473 e. The lowest BCUT2D eigenvalue weighted by Gasteiger charge is -2.62. The van der Waals surface area contributed by atoms with Crippen molar-refractivity contribution in [1.82, 2.24) is 0 Å². The van der Waals surface area contributed by atoms with Crippen molar-refractivity contribution in [3.8, 4) is 0 Å². The van der Waals surface area contributed by atoms with Crippen molar-refractivity contribution < 1.29 is 61.8 Å². The highest BCUT2D eigenvalue weighted by atomic mass is 31.2. The number of alkyl halides is 2. The number of hydrogen-bond donors (Lipinski definition) is 4. The number of hydrogen-bond acceptors (Lipinski definition) is 10. The fourth-order valence-corrected chi connectivity index (χ4v) is 14.9. The van der Waals surface area contributed by atoms with E-state index in [-0.39, 0.29) is 56.0 Å². The van der Waals surface area contributed by atoms with Gasteiger partial charge in [0.1, 0.15) is 30.1 Å². The van der Waals surface area contributed by atoms with E-state index in [0.29, 0.717) is 31.3 Å². The minimum absolute atomic E-state index is 0.00536. The Morgan fingerprint density at radius 2 is 1.35 bits per heavy atom. The molecule has 0 spiro atoms. The van der Waals surface area contributed by atoms with Gasteiger partial charge in [-0.1, -0.05) is 44.1 Å². The quantitative estimate of drug-likeness (QED) is 0.219. The van der Waals surface area contributed by atoms with Crippen LogP contribution in [0.3, 0.4) is 0 Å². The lowest BCUT2D eigenvalue weighted by atomic mass is 9.44. The fourth-order valence-electron chi connectivity index (χ4n) is 14.3. The predicted octanol–water partition coefficient (Wildman–Crippen LogP) is 5.74. The number of phosphoric ester groups is 1. The van der Waals surface area contributed by atoms with E-state index in [1.54, 1.807) is 40.7 Å². The normalized spacial score (nSPS) is 50.6. The van der Waals surface area contributed by atoms with Crippen LogP contribution in [0, 0.1) is 51.2 Å². The third-order valence-electron chi connectivity index (χ3n) is 17.6. The zero-order valence-electron chi connectivity index (χ0n) is 33.3. The topological polar surface area (TPSA) is 185 Å². The van der Waals surface area contributed by atoms with Gasteiger partial charge in [0.2, 0.25) is 0 Å². The number of ketones is 4. The number of aliphatic hydroxyl groups excluding tert-OH is 1. The summed E-state index contributed by atoms with van der Waals surface area (Å²) in [5, 5.41) is 35.9. The van der Waals surface area contributed by atoms with Gasteiger partial charge in [0.25, 0.3) is 0 Å². The van der Waals surface area contributed by atoms with Gasteiger partial charge in [-0.3, -0.25) is 28.2 Å². The molecule has 0 aliphatic heterocycles. The molecular weight excluding hydrogens is 761 g/mol. The van der Waals surface area contributed by atoms with Gasteiger partial charge < -0.3 is 20.2 Å². The number of allylic oxidation sites excluding steroid dienone is 8. The van der Waals surface area contributed by atoms with Crippen LogP contribution < -0.4 is 0 Å². The molecule has 8 aliphatic rings. The van der Waals surface area contributed by atoms with Crippen LogP contribution in [0.2, 0.25) is 0 Å². The molecular formula is C43H55F2O11P. The van der Waals surface area contributed by atoms with Gasteiger partial charge in [-0.2, -0.15) is 0 Å². The molecule has 8 aliphatic carbocycles. The van der Waals surface area contributed by atoms with Crippen molar-refractivity contribution in [3.63, 3.8) is 0 Å². The highest BCUT2D eigenvalue weighted by Gasteiger charge is 2.76. The van der Waals surface area contributed by atoms with Crippen LogP contribution >= 0.6 is 7.82 Å². The van der Waals surface area contributed by atoms with E-state index in [1.165, 1.54) is 30.4 Å². The van der Waals surface area contributed by atoms with Crippen molar-refractivity contribution in [2.75, 3.05) is 13.2 Å². The SMILES string of the molecule is C[C@@H]1C[C@H]2[C@@H]3CCC4=CC(=O)C=C[C@]4(C)[C@@]3(F)[C@@H](O)C[C@]2(C)[C@@]1(O)C(=O)COP(=O)(O)OCC(=O)[C@@]1(O)CC[C@H]2[C@@H]3CCC4=CC(=O)C=C[C@]4(C)[C@@]3(F)CC[C@@]21C. The Morgan fingerprint density at radius 3 is 1.98 bits per heavy atom. The third-order valence-corrected chi connectivity index (χ3v) is 18.6. The van der Waals surface area contributed by atoms with E-state index < -0.39 is 107 Å². The summed E-state index contributed by atoms with van der Waals surface area (Å²) in [4.78, 5) is 62.7. The molecule has 57 heavy (non-hydrogen) atoms. The van der Waals surface area contributed by atoms with Crippen molar-refractivity contribution >= 4 is 31.0 Å². The average Bonchev–Trinajstić information content (AvgIpc) is 3.54. The molecule has 0 heterocycles. The second-order valence-electron chi connectivity index (χ2n) is 19.6. The maximum atomic E-state index is 17.5. The van der Waals surface area contributed by atoms with Gasteiger partial charge in [-0.15, -0.1) is 0 Å². The summed E-state index contributed by atoms with van der Waals surface area (Å²) in [6, 6.07) is 0. The number of phosphoric acid groups is 1. The fraction of sp³-hybridized carbons (Fsp3) is 0.721. The van der Waals surface area contributed by atoms with Gasteiger partial charge in [-0.25, -0.2) is 13.3 Å². The maximum Gasteiger partial charge on any atom is 0.473 e. The standard InChI is InChI=1S/C43H55F2O11P/c1-24-18-32-31-9-7-26-20-28(47)11-14-37(26,3)42(31,45)33(48)21-39(32,5)43(24,52)35(50)23-56-57(53,54)55-22-34(49)41(51)15-12-29-30-8-6-25-19-27(46)10-13-36(25,2)40(30,44)17-16-38(29,41)4/h10-11,13-14,19-20,24,29-33,48,51-52H,6-9,12,15-18,21-23H2,1-5H3,(H,53,54)/t24-,29+,30+,31+,32+,33+,36+,37+,38+,39+,40-,41+,42+,43+/m1/s1. The molecule has 4 N–H and O–H groups in total. The van der Waals surface area contributed by atoms with Gasteiger partial charge >= 0.3 is 7.82 Å². The summed E-state index contributed by atoms with van der Waals surface area (Å²) in [6.07, 6.45) is 9.35. The zero-order chi connectivity index (χ0) is 41.6. The Hall–Kier alpha value is -2.51. The zero-order valence-corrected chi connectivity index (χ0v) is 34.2. The van der Waals surface area contributed by atoms with Crippen LogP contribution in [-0.4, -0.2) is 85.2 Å². The molecule has 0 saturated heterocycles. The summed E-state index contributed by atoms with van der Waals surface area (Å²) in [5.74, 6) is -5.21. The Balaban J connectivity index is 0.935. The molecule has 0 radical (unpaired) electrons. The number of halogens is 2. The molecule has 312 valence electrons. The monoisotopic (exact) mass is 816 g/mol. The van der Waals surface area contributed by atoms with E-state index in [0.717, 1.165) is 5.57 Å². The number of carbonyl (C=O) groups excluding carboxylic acids is 4. The van der Waals surface area contributed by atoms with Crippen LogP contribution in [0.4, 0.5) is 8.78 Å². The average molecular weight is 817 g/mol. The van der Waals surface area contributed by atoms with Gasteiger partial charge in [-0.05, 0) is 126 Å². The van der Waals surface area contributed by atoms with Crippen molar-refractivity contribution in [3.05, 3.63) is 47.6 Å². The van der Waals surface area contributed by atoms with E-state index in [9.17, 15) is 44.0 Å². The van der Waals surface area contributed by atoms with E-state index in [1.807, 2.05) is 0 Å². The smallest absolute Gasteiger partial charge is 0.390 e. The molecule has 0 aromatic rings. The Bertz CT molecular complexity index is 2010. The number of Topliss-reactive ketones (excluding diaryl/α,β-unsaturated/α-hetero) is 2. The molecule has 1 unspecified atom stereocenters. The lowest BCUT2D eigenvalue weighted by Crippen LogP contribution is -2.69. The number of carbonyl (C=O) groups is 4. The van der Waals surface area contributed by atoms with Gasteiger partial charge in [0, 0.05) is 27.6 Å². The minimum Gasteiger partial charge on any atom is -0.390 e. The molecule has 0 aromatic heterocycles. The number of rotatable bonds is 8. The molecule has 0 amide bonds. The highest BCUT2D eigenvalue weighted by Crippen LogP contribution is 2.72. The molecule has 15 atom stereocenters. The summed E-state index contributed by atoms with van der Waals surface area (Å²) >= 11 is 0. The van der Waals surface area contributed by atoms with Crippen molar-refractivity contribution in [2.45, 2.75) is 127 Å². The summed E-state index contributed by atoms with van der Waals surface area (Å²) in [5.41, 5.74) is -11.4. The third kappa shape index (κ3) is 5.18. The van der Waals surface area contributed by atoms with E-state index in [2.05, 4.69) is 0 Å². The minimum atomic E-state index is -5.14. The molecule has 8 rings (SSSR count). The van der Waals surface area contributed by atoms with Gasteiger partial charge in [0.05, 0.1) is 6.10 Å². The van der Waals surface area contributed by atoms with E-state index in [4.69, 9.17) is 9.05 Å². The van der Waals surface area contributed by atoms with Crippen molar-refractivity contribution in [1.29, 1.82) is 0 Å². The molecule has 6 saturated carbocycles. The number of fused-ring (bicyclic) bond motifs is 10. The molecule has 0 bridgehead atoms. The number of aliphatic hydroxyl groups is 3. The first-order chi connectivity index (χ1) is 26.4. The van der Waals surface area contributed by atoms with Crippen molar-refractivity contribution in [2.24, 2.45) is 51.2 Å². The first-order valence-electron chi connectivity index (χ1n) is 20.5. The molecule has 14 heteroatoms. The van der Waals surface area contributed by atoms with Crippen LogP contribution in [0.1, 0.15) is 98.8 Å². The van der Waals surface area contributed by atoms with Crippen LogP contribution in [0.25, 0.3) is 0 Å². The van der Waals surface area contributed by atoms with E-state index >= 15 is 8.78 Å². The maximum absolute atomic E-state index is 17.5. The first kappa shape index (κ1) is 41.2. The highest BCUT2D eigenvalue weighted by molar-refractivity contribution is 7.47. The van der Waals surface area contributed by atoms with Crippen LogP contribution in [0.5, 0.6) is 0 Å². The summed E-state index contributed by atoms with van der Waals surface area (Å²) in [7, 11) is -5.14. The lowest BCUT2D eigenvalue weighted by molar-refractivity contribution is -0.219. The van der Waals surface area contributed by atoms with Crippen LogP contribution in [-0.2, 0) is 32.8 Å². The van der Waals surface area contributed by atoms with Gasteiger partial charge in [0.15, 0.2) is 28.8 Å². The summed E-state index contributed by atoms with van der Waals surface area (Å²) < 4.78 is 58.2. The first-order valence-corrected chi connectivity index (χ1v) is 22.0. The second-order valence-corrected chi connectivity index (χ2v) is 21.0. The Labute approximate surface area is 331 Å². The molecule has 6 fully saturated rings. The Morgan fingerprint density at radius 1 is 0.789 bits per heavy atom. The predicted molar refractivity (Wildman–Crippen MR) is 202 cm³/mol. The molecule has 11 nitrogen and oxygen atoms in total. The van der Waals surface area contributed by atoms with Crippen LogP contribution in [0.15, 0.2) is 47.6 Å². The summed E-state index contributed by atoms with van der Waals surface area (Å²) in [6.45, 7) is 6.40.